The molecule has 94 valence electrons. The number of benzene rings is 1. The monoisotopic (exact) mass is 245 g/mol. The van der Waals surface area contributed by atoms with Gasteiger partial charge in [-0.3, -0.25) is 10.2 Å². The van der Waals surface area contributed by atoms with E-state index in [1.165, 1.54) is 5.56 Å². The lowest BCUT2D eigenvalue weighted by atomic mass is 10.2. The molecule has 1 heterocycles. The zero-order valence-electron chi connectivity index (χ0n) is 10.1. The zero-order valence-corrected chi connectivity index (χ0v) is 10.1. The molecule has 0 bridgehead atoms. The van der Waals surface area contributed by atoms with Crippen molar-refractivity contribution in [3.63, 3.8) is 0 Å². The quantitative estimate of drug-likeness (QED) is 0.618. The van der Waals surface area contributed by atoms with E-state index in [-0.39, 0.29) is 11.6 Å². The summed E-state index contributed by atoms with van der Waals surface area (Å²) in [4.78, 5) is 11.6. The van der Waals surface area contributed by atoms with Crippen LogP contribution in [0.4, 0.5) is 0 Å². The van der Waals surface area contributed by atoms with E-state index in [0.29, 0.717) is 12.3 Å². The first-order valence-corrected chi connectivity index (χ1v) is 5.76. The van der Waals surface area contributed by atoms with Crippen LogP contribution in [0.5, 0.6) is 0 Å². The predicted octanol–water partition coefficient (Wildman–Crippen LogP) is 1.46. The number of hydrogen-bond donors (Lipinski definition) is 2. The highest BCUT2D eigenvalue weighted by Gasteiger charge is 2.09. The molecule has 18 heavy (non-hydrogen) atoms. The van der Waals surface area contributed by atoms with Crippen molar-refractivity contribution in [1.82, 2.24) is 16.0 Å². The molecule has 5 heteroatoms. The number of nitrogens with zero attached hydrogens (tertiary/aromatic N) is 1. The maximum absolute atomic E-state index is 11.6. The first-order valence-electron chi connectivity index (χ1n) is 5.76. The van der Waals surface area contributed by atoms with E-state index < -0.39 is 0 Å². The largest absolute Gasteiger partial charge is 0.361 e. The van der Waals surface area contributed by atoms with E-state index in [4.69, 9.17) is 4.52 Å². The van der Waals surface area contributed by atoms with Crippen LogP contribution in [0.2, 0.25) is 0 Å². The molecule has 2 aromatic rings. The summed E-state index contributed by atoms with van der Waals surface area (Å²) in [5.74, 6) is 0.323. The molecule has 0 atom stereocenters. The van der Waals surface area contributed by atoms with Crippen molar-refractivity contribution < 1.29 is 9.32 Å². The van der Waals surface area contributed by atoms with Crippen molar-refractivity contribution >= 4 is 5.91 Å². The van der Waals surface area contributed by atoms with Crippen molar-refractivity contribution in [3.8, 4) is 0 Å². The second-order valence-electron chi connectivity index (χ2n) is 3.94. The number of aryl methyl sites for hydroxylation is 1. The zero-order chi connectivity index (χ0) is 12.8. The van der Waals surface area contributed by atoms with Gasteiger partial charge in [0.1, 0.15) is 5.76 Å². The van der Waals surface area contributed by atoms with Gasteiger partial charge in [-0.1, -0.05) is 35.5 Å². The van der Waals surface area contributed by atoms with Gasteiger partial charge in [-0.05, 0) is 18.9 Å². The third-order valence-corrected chi connectivity index (χ3v) is 2.44. The number of hydrazine groups is 1. The van der Waals surface area contributed by atoms with Gasteiger partial charge in [0.2, 0.25) is 0 Å². The number of carbonyl (C=O) groups is 1. The summed E-state index contributed by atoms with van der Waals surface area (Å²) in [6.45, 7) is 2.40. The van der Waals surface area contributed by atoms with E-state index in [1.54, 1.807) is 13.0 Å². The molecule has 2 rings (SSSR count). The number of nitrogens with one attached hydrogen (secondary N) is 2. The summed E-state index contributed by atoms with van der Waals surface area (Å²) in [6, 6.07) is 11.6. The minimum atomic E-state index is -0.292. The number of aromatic nitrogens is 1. The average Bonchev–Trinajstić information content (AvgIpc) is 2.82. The molecule has 0 aliphatic rings. The maximum Gasteiger partial charge on any atom is 0.287 e. The highest BCUT2D eigenvalue weighted by molar-refractivity contribution is 5.91. The topological polar surface area (TPSA) is 67.2 Å². The SMILES string of the molecule is Cc1cc(C(=O)NNCCc2ccccc2)no1. The van der Waals surface area contributed by atoms with Gasteiger partial charge in [0.15, 0.2) is 5.69 Å². The molecule has 2 N–H and O–H groups in total. The first-order chi connectivity index (χ1) is 8.75. The van der Waals surface area contributed by atoms with Crippen LogP contribution in [-0.2, 0) is 6.42 Å². The Kier molecular flexibility index (Phi) is 4.09. The fraction of sp³-hybridized carbons (Fsp3) is 0.231. The van der Waals surface area contributed by atoms with Crippen LogP contribution >= 0.6 is 0 Å². The summed E-state index contributed by atoms with van der Waals surface area (Å²) in [6.07, 6.45) is 0.846. The number of rotatable bonds is 5. The molecule has 1 aromatic heterocycles. The first kappa shape index (κ1) is 12.3. The standard InChI is InChI=1S/C13H15N3O2/c1-10-9-12(16-18-10)13(17)15-14-8-7-11-5-3-2-4-6-11/h2-6,9,14H,7-8H2,1H3,(H,15,17). The molecule has 0 radical (unpaired) electrons. The molecule has 5 nitrogen and oxygen atoms in total. The van der Waals surface area contributed by atoms with Gasteiger partial charge < -0.3 is 4.52 Å². The normalized spacial score (nSPS) is 10.3. The van der Waals surface area contributed by atoms with E-state index in [2.05, 4.69) is 16.0 Å². The van der Waals surface area contributed by atoms with Crippen LogP contribution in [0.3, 0.4) is 0 Å². The van der Waals surface area contributed by atoms with Crippen molar-refractivity contribution in [2.45, 2.75) is 13.3 Å². The van der Waals surface area contributed by atoms with Crippen LogP contribution < -0.4 is 10.9 Å². The molecule has 0 spiro atoms. The molecule has 0 aliphatic carbocycles. The maximum atomic E-state index is 11.6. The fourth-order valence-corrected chi connectivity index (χ4v) is 1.53. The van der Waals surface area contributed by atoms with Crippen LogP contribution in [0, 0.1) is 6.92 Å². The van der Waals surface area contributed by atoms with Crippen LogP contribution in [-0.4, -0.2) is 17.6 Å². The van der Waals surface area contributed by atoms with Crippen LogP contribution in [0.1, 0.15) is 21.8 Å². The van der Waals surface area contributed by atoms with E-state index >= 15 is 0 Å². The summed E-state index contributed by atoms with van der Waals surface area (Å²) < 4.78 is 4.82. The second-order valence-corrected chi connectivity index (χ2v) is 3.94. The minimum Gasteiger partial charge on any atom is -0.361 e. The molecule has 0 saturated heterocycles. The van der Waals surface area contributed by atoms with E-state index in [9.17, 15) is 4.79 Å². The minimum absolute atomic E-state index is 0.278. The molecule has 0 aliphatic heterocycles. The Morgan fingerprint density at radius 3 is 2.78 bits per heavy atom. The van der Waals surface area contributed by atoms with Crippen molar-refractivity contribution in [3.05, 3.63) is 53.4 Å². The summed E-state index contributed by atoms with van der Waals surface area (Å²) in [5, 5.41) is 3.63. The Bertz CT molecular complexity index is 508. The summed E-state index contributed by atoms with van der Waals surface area (Å²) >= 11 is 0. The Labute approximate surface area is 105 Å². The lowest BCUT2D eigenvalue weighted by Gasteiger charge is -2.05. The molecular formula is C13H15N3O2. The lowest BCUT2D eigenvalue weighted by Crippen LogP contribution is -2.38. The second kappa shape index (κ2) is 5.97. The van der Waals surface area contributed by atoms with Gasteiger partial charge >= 0.3 is 0 Å². The number of carbonyl (C=O) groups excluding carboxylic acids is 1. The van der Waals surface area contributed by atoms with Crippen LogP contribution in [0.15, 0.2) is 40.9 Å². The van der Waals surface area contributed by atoms with Crippen molar-refractivity contribution in [1.29, 1.82) is 0 Å². The Hall–Kier alpha value is -2.14. The fourth-order valence-electron chi connectivity index (χ4n) is 1.53. The third kappa shape index (κ3) is 3.43. The van der Waals surface area contributed by atoms with Crippen LogP contribution in [0.25, 0.3) is 0 Å². The summed E-state index contributed by atoms with van der Waals surface area (Å²) in [7, 11) is 0. The van der Waals surface area contributed by atoms with Gasteiger partial charge in [-0.25, -0.2) is 5.43 Å². The Morgan fingerprint density at radius 2 is 2.11 bits per heavy atom. The molecule has 0 saturated carbocycles. The molecule has 1 amide bonds. The summed E-state index contributed by atoms with van der Waals surface area (Å²) in [5.41, 5.74) is 6.93. The number of hydrogen-bond acceptors (Lipinski definition) is 4. The van der Waals surface area contributed by atoms with Gasteiger partial charge in [0.05, 0.1) is 0 Å². The molecular weight excluding hydrogens is 230 g/mol. The van der Waals surface area contributed by atoms with Gasteiger partial charge in [0, 0.05) is 12.6 Å². The predicted molar refractivity (Wildman–Crippen MR) is 66.9 cm³/mol. The van der Waals surface area contributed by atoms with E-state index in [1.807, 2.05) is 30.3 Å². The smallest absolute Gasteiger partial charge is 0.287 e. The van der Waals surface area contributed by atoms with Crippen molar-refractivity contribution in [2.24, 2.45) is 0 Å². The highest BCUT2D eigenvalue weighted by atomic mass is 16.5. The molecule has 0 fully saturated rings. The van der Waals surface area contributed by atoms with Crippen molar-refractivity contribution in [2.75, 3.05) is 6.54 Å². The molecule has 1 aromatic carbocycles. The molecule has 0 unspecified atom stereocenters. The Balaban J connectivity index is 1.71. The van der Waals surface area contributed by atoms with Gasteiger partial charge in [-0.2, -0.15) is 0 Å². The Morgan fingerprint density at radius 1 is 1.33 bits per heavy atom. The van der Waals surface area contributed by atoms with Gasteiger partial charge in [0.25, 0.3) is 5.91 Å². The average molecular weight is 245 g/mol. The highest BCUT2D eigenvalue weighted by Crippen LogP contribution is 2.00. The number of amides is 1. The van der Waals surface area contributed by atoms with E-state index in [0.717, 1.165) is 6.42 Å². The lowest BCUT2D eigenvalue weighted by molar-refractivity contribution is 0.0924. The van der Waals surface area contributed by atoms with Gasteiger partial charge in [-0.15, -0.1) is 0 Å². The third-order valence-electron chi connectivity index (χ3n) is 2.44.